The molecular formula is C18H13N5. The highest BCUT2D eigenvalue weighted by Crippen LogP contribution is 2.31. The maximum atomic E-state index is 4.57. The van der Waals surface area contributed by atoms with E-state index in [1.54, 1.807) is 18.6 Å². The van der Waals surface area contributed by atoms with Gasteiger partial charge in [-0.3, -0.25) is 4.90 Å². The predicted octanol–water partition coefficient (Wildman–Crippen LogP) is 3.89. The first-order valence-electron chi connectivity index (χ1n) is 7.26. The summed E-state index contributed by atoms with van der Waals surface area (Å²) in [5.74, 6) is 0.565. The third-order valence-electron chi connectivity index (χ3n) is 3.44. The fourth-order valence-corrected chi connectivity index (χ4v) is 2.40. The molecule has 0 bridgehead atoms. The molecule has 2 aromatic carbocycles. The van der Waals surface area contributed by atoms with Crippen LogP contribution in [0.5, 0.6) is 0 Å². The topological polar surface area (TPSA) is 54.8 Å². The summed E-state index contributed by atoms with van der Waals surface area (Å²) < 4.78 is 0. The minimum absolute atomic E-state index is 0.565. The molecule has 0 atom stereocenters. The van der Waals surface area contributed by atoms with Crippen LogP contribution in [-0.2, 0) is 0 Å². The highest BCUT2D eigenvalue weighted by molar-refractivity contribution is 5.76. The molecule has 0 N–H and O–H groups in total. The van der Waals surface area contributed by atoms with Gasteiger partial charge in [-0.15, -0.1) is 0 Å². The Labute approximate surface area is 133 Å². The van der Waals surface area contributed by atoms with Crippen LogP contribution in [0.25, 0.3) is 11.2 Å². The maximum absolute atomic E-state index is 4.57. The highest BCUT2D eigenvalue weighted by atomic mass is 15.3. The molecule has 0 aliphatic heterocycles. The zero-order valence-corrected chi connectivity index (χ0v) is 12.2. The Hall–Kier alpha value is -3.34. The molecule has 0 amide bonds. The van der Waals surface area contributed by atoms with Crippen molar-refractivity contribution in [2.75, 3.05) is 4.90 Å². The fraction of sp³-hybridized carbons (Fsp3) is 0. The van der Waals surface area contributed by atoms with Crippen LogP contribution >= 0.6 is 0 Å². The lowest BCUT2D eigenvalue weighted by Gasteiger charge is -2.22. The Morgan fingerprint density at radius 2 is 1.26 bits per heavy atom. The quantitative estimate of drug-likeness (QED) is 0.574. The van der Waals surface area contributed by atoms with Gasteiger partial charge in [0.05, 0.1) is 6.20 Å². The zero-order valence-electron chi connectivity index (χ0n) is 12.2. The van der Waals surface area contributed by atoms with E-state index in [1.165, 1.54) is 0 Å². The lowest BCUT2D eigenvalue weighted by molar-refractivity contribution is 1.08. The molecule has 0 radical (unpaired) electrons. The van der Waals surface area contributed by atoms with Crippen LogP contribution < -0.4 is 4.90 Å². The normalized spacial score (nSPS) is 10.6. The van der Waals surface area contributed by atoms with E-state index in [0.29, 0.717) is 17.1 Å². The molecule has 4 aromatic rings. The van der Waals surface area contributed by atoms with Gasteiger partial charge in [-0.2, -0.15) is 4.98 Å². The molecule has 0 unspecified atom stereocenters. The van der Waals surface area contributed by atoms with E-state index >= 15 is 0 Å². The summed E-state index contributed by atoms with van der Waals surface area (Å²) >= 11 is 0. The van der Waals surface area contributed by atoms with Crippen LogP contribution in [0.15, 0.2) is 79.3 Å². The number of hydrogen-bond acceptors (Lipinski definition) is 5. The van der Waals surface area contributed by atoms with Gasteiger partial charge >= 0.3 is 0 Å². The predicted molar refractivity (Wildman–Crippen MR) is 89.8 cm³/mol. The molecule has 4 rings (SSSR count). The van der Waals surface area contributed by atoms with Crippen LogP contribution in [0.4, 0.5) is 17.3 Å². The molecule has 0 spiro atoms. The van der Waals surface area contributed by atoms with Gasteiger partial charge in [-0.1, -0.05) is 36.4 Å². The van der Waals surface area contributed by atoms with Gasteiger partial charge in [-0.05, 0) is 24.3 Å². The number of aromatic nitrogens is 4. The average molecular weight is 299 g/mol. The first-order valence-corrected chi connectivity index (χ1v) is 7.26. The number of benzene rings is 2. The van der Waals surface area contributed by atoms with Crippen molar-refractivity contribution in [2.45, 2.75) is 0 Å². The molecule has 0 saturated heterocycles. The largest absolute Gasteiger partial charge is 0.279 e. The summed E-state index contributed by atoms with van der Waals surface area (Å²) in [6.45, 7) is 0. The van der Waals surface area contributed by atoms with Crippen molar-refractivity contribution in [1.82, 2.24) is 19.9 Å². The van der Waals surface area contributed by atoms with E-state index in [4.69, 9.17) is 0 Å². The Bertz CT molecular complexity index is 886. The van der Waals surface area contributed by atoms with Crippen LogP contribution in [0.2, 0.25) is 0 Å². The molecule has 0 fully saturated rings. The second-order valence-electron chi connectivity index (χ2n) is 4.94. The second kappa shape index (κ2) is 5.81. The van der Waals surface area contributed by atoms with E-state index in [9.17, 15) is 0 Å². The monoisotopic (exact) mass is 299 g/mol. The van der Waals surface area contributed by atoms with Gasteiger partial charge < -0.3 is 0 Å². The summed E-state index contributed by atoms with van der Waals surface area (Å²) in [4.78, 5) is 19.5. The van der Waals surface area contributed by atoms with E-state index < -0.39 is 0 Å². The lowest BCUT2D eigenvalue weighted by Crippen LogP contribution is -2.13. The Kier molecular flexibility index (Phi) is 3.37. The SMILES string of the molecule is c1ccc(N(c2ccccc2)c2ncc3nccnc3n2)cc1. The number of nitrogens with zero attached hydrogens (tertiary/aromatic N) is 5. The molecule has 5 heteroatoms. The van der Waals surface area contributed by atoms with Crippen molar-refractivity contribution < 1.29 is 0 Å². The van der Waals surface area contributed by atoms with Gasteiger partial charge in [0.2, 0.25) is 5.95 Å². The molecule has 0 saturated carbocycles. The molecule has 110 valence electrons. The molecule has 5 nitrogen and oxygen atoms in total. The summed E-state index contributed by atoms with van der Waals surface area (Å²) in [5, 5.41) is 0. The van der Waals surface area contributed by atoms with Crippen molar-refractivity contribution in [2.24, 2.45) is 0 Å². The molecule has 0 aliphatic rings. The summed E-state index contributed by atoms with van der Waals surface area (Å²) in [7, 11) is 0. The van der Waals surface area contributed by atoms with E-state index in [-0.39, 0.29) is 0 Å². The van der Waals surface area contributed by atoms with Crippen molar-refractivity contribution in [3.05, 3.63) is 79.3 Å². The minimum atomic E-state index is 0.565. The highest BCUT2D eigenvalue weighted by Gasteiger charge is 2.15. The maximum Gasteiger partial charge on any atom is 0.236 e. The molecule has 2 heterocycles. The van der Waals surface area contributed by atoms with Crippen molar-refractivity contribution in [1.29, 1.82) is 0 Å². The molecule has 0 aliphatic carbocycles. The number of anilines is 3. The van der Waals surface area contributed by atoms with Crippen molar-refractivity contribution in [3.8, 4) is 0 Å². The minimum Gasteiger partial charge on any atom is -0.279 e. The fourth-order valence-electron chi connectivity index (χ4n) is 2.40. The van der Waals surface area contributed by atoms with Crippen LogP contribution in [0.1, 0.15) is 0 Å². The zero-order chi connectivity index (χ0) is 15.5. The first kappa shape index (κ1) is 13.3. The number of hydrogen-bond donors (Lipinski definition) is 0. The van der Waals surface area contributed by atoms with Crippen LogP contribution in [0, 0.1) is 0 Å². The summed E-state index contributed by atoms with van der Waals surface area (Å²) in [6.07, 6.45) is 4.97. The second-order valence-corrected chi connectivity index (χ2v) is 4.94. The van der Waals surface area contributed by atoms with Crippen LogP contribution in [0.3, 0.4) is 0 Å². The molecule has 2 aromatic heterocycles. The van der Waals surface area contributed by atoms with E-state index in [2.05, 4.69) is 19.9 Å². The molecular weight excluding hydrogens is 286 g/mol. The summed E-state index contributed by atoms with van der Waals surface area (Å²) in [6, 6.07) is 20.0. The van der Waals surface area contributed by atoms with Crippen LogP contribution in [-0.4, -0.2) is 19.9 Å². The summed E-state index contributed by atoms with van der Waals surface area (Å²) in [5.41, 5.74) is 3.23. The van der Waals surface area contributed by atoms with Gasteiger partial charge in [0.1, 0.15) is 5.52 Å². The molecule has 23 heavy (non-hydrogen) atoms. The number of fused-ring (bicyclic) bond motifs is 1. The van der Waals surface area contributed by atoms with E-state index in [1.807, 2.05) is 65.6 Å². The third-order valence-corrected chi connectivity index (χ3v) is 3.44. The first-order chi connectivity index (χ1) is 11.4. The lowest BCUT2D eigenvalue weighted by atomic mass is 10.2. The third kappa shape index (κ3) is 2.60. The number of rotatable bonds is 3. The van der Waals surface area contributed by atoms with Gasteiger partial charge in [0.25, 0.3) is 0 Å². The van der Waals surface area contributed by atoms with Gasteiger partial charge in [0, 0.05) is 23.8 Å². The Balaban J connectivity index is 1.90. The van der Waals surface area contributed by atoms with Crippen molar-refractivity contribution in [3.63, 3.8) is 0 Å². The Morgan fingerprint density at radius 3 is 1.91 bits per heavy atom. The van der Waals surface area contributed by atoms with Gasteiger partial charge in [0.15, 0.2) is 5.65 Å². The Morgan fingerprint density at radius 1 is 0.652 bits per heavy atom. The van der Waals surface area contributed by atoms with Crippen molar-refractivity contribution >= 4 is 28.5 Å². The van der Waals surface area contributed by atoms with Gasteiger partial charge in [-0.25, -0.2) is 15.0 Å². The smallest absolute Gasteiger partial charge is 0.236 e. The average Bonchev–Trinajstić information content (AvgIpc) is 2.64. The standard InChI is InChI=1S/C18H13N5/c1-3-7-14(8-4-1)23(15-9-5-2-6-10-15)18-21-13-16-17(22-18)20-12-11-19-16/h1-13H. The number of para-hydroxylation sites is 2. The van der Waals surface area contributed by atoms with E-state index in [0.717, 1.165) is 11.4 Å².